The average molecular weight is 273 g/mol. The molecule has 1 atom stereocenters. The Bertz CT molecular complexity index is 584. The second-order valence-corrected chi connectivity index (χ2v) is 4.66. The maximum absolute atomic E-state index is 9.75. The summed E-state index contributed by atoms with van der Waals surface area (Å²) in [6.45, 7) is 2.54. The van der Waals surface area contributed by atoms with E-state index in [9.17, 15) is 10.2 Å². The Morgan fingerprint density at radius 3 is 2.60 bits per heavy atom. The van der Waals surface area contributed by atoms with Crippen LogP contribution in [0.4, 0.5) is 0 Å². The largest absolute Gasteiger partial charge is 0.508 e. The third kappa shape index (κ3) is 3.22. The lowest BCUT2D eigenvalue weighted by Crippen LogP contribution is -2.18. The van der Waals surface area contributed by atoms with Gasteiger partial charge in [0.15, 0.2) is 0 Å². The lowest BCUT2D eigenvalue weighted by Gasteiger charge is -2.17. The number of aromatic hydroxyl groups is 2. The topological polar surface area (TPSA) is 61.7 Å². The van der Waals surface area contributed by atoms with Crippen LogP contribution in [-0.4, -0.2) is 17.3 Å². The van der Waals surface area contributed by atoms with E-state index in [1.165, 1.54) is 6.07 Å². The van der Waals surface area contributed by atoms with Gasteiger partial charge in [0.1, 0.15) is 17.2 Å². The number of methoxy groups -OCH3 is 1. The molecule has 4 heteroatoms. The summed E-state index contributed by atoms with van der Waals surface area (Å²) in [6.07, 6.45) is 0. The summed E-state index contributed by atoms with van der Waals surface area (Å²) in [4.78, 5) is 0. The minimum Gasteiger partial charge on any atom is -0.508 e. The highest BCUT2D eigenvalue weighted by Crippen LogP contribution is 2.26. The normalized spacial score (nSPS) is 12.1. The predicted octanol–water partition coefficient (Wildman–Crippen LogP) is 2.96. The Morgan fingerprint density at radius 1 is 1.15 bits per heavy atom. The van der Waals surface area contributed by atoms with Crippen LogP contribution in [0.15, 0.2) is 42.5 Å². The lowest BCUT2D eigenvalue weighted by atomic mass is 10.1. The van der Waals surface area contributed by atoms with E-state index in [4.69, 9.17) is 4.74 Å². The van der Waals surface area contributed by atoms with Crippen molar-refractivity contribution in [2.75, 3.05) is 7.11 Å². The number of para-hydroxylation sites is 1. The fourth-order valence-electron chi connectivity index (χ4n) is 2.10. The van der Waals surface area contributed by atoms with E-state index in [0.717, 1.165) is 16.9 Å². The third-order valence-electron chi connectivity index (χ3n) is 3.27. The van der Waals surface area contributed by atoms with Gasteiger partial charge in [0, 0.05) is 29.8 Å². The fourth-order valence-corrected chi connectivity index (χ4v) is 2.10. The van der Waals surface area contributed by atoms with Gasteiger partial charge in [-0.2, -0.15) is 0 Å². The van der Waals surface area contributed by atoms with Crippen LogP contribution in [0.3, 0.4) is 0 Å². The third-order valence-corrected chi connectivity index (χ3v) is 3.27. The Kier molecular flexibility index (Phi) is 4.48. The van der Waals surface area contributed by atoms with Crippen molar-refractivity contribution in [2.24, 2.45) is 0 Å². The minimum absolute atomic E-state index is 0.0593. The second-order valence-electron chi connectivity index (χ2n) is 4.66. The van der Waals surface area contributed by atoms with Crippen LogP contribution in [0.5, 0.6) is 17.2 Å². The van der Waals surface area contributed by atoms with Gasteiger partial charge in [-0.3, -0.25) is 0 Å². The van der Waals surface area contributed by atoms with Gasteiger partial charge >= 0.3 is 0 Å². The SMILES string of the molecule is COc1ccccc1[C@@H](C)NCc1ccc(O)cc1O. The van der Waals surface area contributed by atoms with Crippen molar-refractivity contribution in [2.45, 2.75) is 19.5 Å². The first-order chi connectivity index (χ1) is 9.61. The van der Waals surface area contributed by atoms with Gasteiger partial charge in [0.05, 0.1) is 7.11 Å². The molecule has 2 aromatic carbocycles. The molecule has 4 nitrogen and oxygen atoms in total. The van der Waals surface area contributed by atoms with E-state index >= 15 is 0 Å². The van der Waals surface area contributed by atoms with Gasteiger partial charge in [-0.15, -0.1) is 0 Å². The van der Waals surface area contributed by atoms with Crippen molar-refractivity contribution >= 4 is 0 Å². The molecular formula is C16H19NO3. The molecule has 2 aromatic rings. The monoisotopic (exact) mass is 273 g/mol. The van der Waals surface area contributed by atoms with Crippen LogP contribution in [0, 0.1) is 0 Å². The molecule has 0 spiro atoms. The smallest absolute Gasteiger partial charge is 0.123 e. The highest BCUT2D eigenvalue weighted by atomic mass is 16.5. The number of phenols is 2. The van der Waals surface area contributed by atoms with E-state index in [1.54, 1.807) is 19.2 Å². The minimum atomic E-state index is 0.0593. The summed E-state index contributed by atoms with van der Waals surface area (Å²) in [5, 5.41) is 22.3. The van der Waals surface area contributed by atoms with Crippen molar-refractivity contribution in [3.8, 4) is 17.2 Å². The summed E-state index contributed by atoms with van der Waals surface area (Å²) >= 11 is 0. The van der Waals surface area contributed by atoms with Crippen LogP contribution < -0.4 is 10.1 Å². The molecule has 0 saturated carbocycles. The number of ether oxygens (including phenoxy) is 1. The van der Waals surface area contributed by atoms with Crippen LogP contribution >= 0.6 is 0 Å². The molecule has 0 aliphatic rings. The first-order valence-electron chi connectivity index (χ1n) is 6.49. The van der Waals surface area contributed by atoms with E-state index < -0.39 is 0 Å². The van der Waals surface area contributed by atoms with Crippen LogP contribution in [0.25, 0.3) is 0 Å². The zero-order chi connectivity index (χ0) is 14.5. The lowest BCUT2D eigenvalue weighted by molar-refractivity contribution is 0.400. The van der Waals surface area contributed by atoms with Gasteiger partial charge in [0.25, 0.3) is 0 Å². The molecule has 2 rings (SSSR count). The maximum atomic E-state index is 9.75. The summed E-state index contributed by atoms with van der Waals surface area (Å²) in [6, 6.07) is 12.5. The van der Waals surface area contributed by atoms with E-state index in [0.29, 0.717) is 6.54 Å². The molecule has 3 N–H and O–H groups in total. The molecule has 0 fully saturated rings. The molecule has 0 aromatic heterocycles. The standard InChI is InChI=1S/C16H19NO3/c1-11(14-5-3-4-6-16(14)20-2)17-10-12-7-8-13(18)9-15(12)19/h3-9,11,17-19H,10H2,1-2H3/t11-/m1/s1. The first kappa shape index (κ1) is 14.2. The maximum Gasteiger partial charge on any atom is 0.123 e. The zero-order valence-electron chi connectivity index (χ0n) is 11.6. The Hall–Kier alpha value is -2.20. The van der Waals surface area contributed by atoms with Crippen molar-refractivity contribution in [1.29, 1.82) is 0 Å². The van der Waals surface area contributed by atoms with Crippen LogP contribution in [0.1, 0.15) is 24.1 Å². The molecule has 0 radical (unpaired) electrons. The van der Waals surface area contributed by atoms with Crippen molar-refractivity contribution in [3.63, 3.8) is 0 Å². The molecule has 20 heavy (non-hydrogen) atoms. The molecule has 106 valence electrons. The van der Waals surface area contributed by atoms with E-state index in [1.807, 2.05) is 31.2 Å². The average Bonchev–Trinajstić information content (AvgIpc) is 2.46. The van der Waals surface area contributed by atoms with Crippen molar-refractivity contribution in [3.05, 3.63) is 53.6 Å². The van der Waals surface area contributed by atoms with Gasteiger partial charge in [-0.05, 0) is 19.1 Å². The van der Waals surface area contributed by atoms with Crippen LogP contribution in [-0.2, 0) is 6.54 Å². The highest BCUT2D eigenvalue weighted by Gasteiger charge is 2.11. The van der Waals surface area contributed by atoms with Gasteiger partial charge in [0.2, 0.25) is 0 Å². The molecule has 0 bridgehead atoms. The van der Waals surface area contributed by atoms with Gasteiger partial charge in [-0.1, -0.05) is 24.3 Å². The van der Waals surface area contributed by atoms with Gasteiger partial charge < -0.3 is 20.3 Å². The zero-order valence-corrected chi connectivity index (χ0v) is 11.6. The molecule has 0 heterocycles. The number of hydrogen-bond donors (Lipinski definition) is 3. The van der Waals surface area contributed by atoms with Gasteiger partial charge in [-0.25, -0.2) is 0 Å². The molecule has 0 aliphatic carbocycles. The molecule has 0 saturated heterocycles. The molecular weight excluding hydrogens is 254 g/mol. The number of benzene rings is 2. The summed E-state index contributed by atoms with van der Waals surface area (Å²) in [5.41, 5.74) is 1.80. The Morgan fingerprint density at radius 2 is 1.90 bits per heavy atom. The number of nitrogens with one attached hydrogen (secondary N) is 1. The van der Waals surface area contributed by atoms with Crippen molar-refractivity contribution in [1.82, 2.24) is 5.32 Å². The Balaban J connectivity index is 2.06. The molecule has 0 amide bonds. The summed E-state index contributed by atoms with van der Waals surface area (Å²) in [5.74, 6) is 0.983. The number of phenolic OH excluding ortho intramolecular Hbond substituents is 2. The van der Waals surface area contributed by atoms with Crippen LogP contribution in [0.2, 0.25) is 0 Å². The second kappa shape index (κ2) is 6.30. The fraction of sp³-hybridized carbons (Fsp3) is 0.250. The number of rotatable bonds is 5. The van der Waals surface area contributed by atoms with E-state index in [2.05, 4.69) is 5.32 Å². The first-order valence-corrected chi connectivity index (χ1v) is 6.49. The predicted molar refractivity (Wildman–Crippen MR) is 78.0 cm³/mol. The molecule has 0 aliphatic heterocycles. The summed E-state index contributed by atoms with van der Waals surface area (Å²) < 4.78 is 5.34. The number of hydrogen-bond acceptors (Lipinski definition) is 4. The summed E-state index contributed by atoms with van der Waals surface area (Å²) in [7, 11) is 1.65. The Labute approximate surface area is 118 Å². The quantitative estimate of drug-likeness (QED) is 0.784. The molecule has 0 unspecified atom stereocenters. The van der Waals surface area contributed by atoms with Crippen molar-refractivity contribution < 1.29 is 14.9 Å². The highest BCUT2D eigenvalue weighted by molar-refractivity contribution is 5.39. The van der Waals surface area contributed by atoms with E-state index in [-0.39, 0.29) is 17.5 Å².